The summed E-state index contributed by atoms with van der Waals surface area (Å²) in [6, 6.07) is 12.8. The molecule has 3 rings (SSSR count). The highest BCUT2D eigenvalue weighted by Gasteiger charge is 2.33. The SMILES string of the molecule is CCC1(c2cccc(OC(=O)c3ccc(C(=O)N[C@H](C(=O)O)C(C)C)cc3)c2)CCCCN(C)C1.S. The molecule has 0 aliphatic carbocycles. The second kappa shape index (κ2) is 12.9. The summed E-state index contributed by atoms with van der Waals surface area (Å²) in [5.41, 5.74) is 1.80. The van der Waals surface area contributed by atoms with Crippen LogP contribution >= 0.6 is 13.5 Å². The van der Waals surface area contributed by atoms with Crippen molar-refractivity contribution in [3.05, 3.63) is 65.2 Å². The molecule has 2 aromatic carbocycles. The zero-order chi connectivity index (χ0) is 25.6. The van der Waals surface area contributed by atoms with Crippen LogP contribution in [0.15, 0.2) is 48.5 Å². The molecule has 1 aliphatic rings. The number of nitrogens with one attached hydrogen (secondary N) is 1. The topological polar surface area (TPSA) is 95.9 Å². The largest absolute Gasteiger partial charge is 0.480 e. The number of likely N-dealkylation sites (N-methyl/N-ethyl adjacent to an activating group) is 1. The number of amides is 1. The van der Waals surface area contributed by atoms with E-state index in [4.69, 9.17) is 4.74 Å². The maximum Gasteiger partial charge on any atom is 0.343 e. The summed E-state index contributed by atoms with van der Waals surface area (Å²) in [5.74, 6) is -1.86. The molecule has 8 heteroatoms. The van der Waals surface area contributed by atoms with Crippen LogP contribution in [-0.4, -0.2) is 54.0 Å². The Morgan fingerprint density at radius 2 is 1.75 bits per heavy atom. The van der Waals surface area contributed by atoms with Gasteiger partial charge < -0.3 is 20.1 Å². The van der Waals surface area contributed by atoms with Crippen LogP contribution in [-0.2, 0) is 10.2 Å². The molecule has 1 heterocycles. The summed E-state index contributed by atoms with van der Waals surface area (Å²) in [4.78, 5) is 38.9. The fraction of sp³-hybridized carbons (Fsp3) is 0.464. The van der Waals surface area contributed by atoms with Crippen molar-refractivity contribution in [1.29, 1.82) is 0 Å². The zero-order valence-corrected chi connectivity index (χ0v) is 22.5. The molecule has 1 amide bonds. The first-order valence-electron chi connectivity index (χ1n) is 12.3. The third kappa shape index (κ3) is 7.11. The van der Waals surface area contributed by atoms with E-state index in [9.17, 15) is 19.5 Å². The minimum Gasteiger partial charge on any atom is -0.480 e. The van der Waals surface area contributed by atoms with Gasteiger partial charge in [0.2, 0.25) is 0 Å². The van der Waals surface area contributed by atoms with Gasteiger partial charge in [0.1, 0.15) is 11.8 Å². The van der Waals surface area contributed by atoms with Crippen molar-refractivity contribution >= 4 is 31.3 Å². The number of likely N-dealkylation sites (tertiary alicyclic amines) is 1. The summed E-state index contributed by atoms with van der Waals surface area (Å²) < 4.78 is 5.68. The Hall–Kier alpha value is -2.84. The molecule has 0 bridgehead atoms. The van der Waals surface area contributed by atoms with Crippen LogP contribution in [0.3, 0.4) is 0 Å². The highest BCUT2D eigenvalue weighted by atomic mass is 32.1. The van der Waals surface area contributed by atoms with Crippen molar-refractivity contribution in [2.24, 2.45) is 5.92 Å². The van der Waals surface area contributed by atoms with E-state index in [1.54, 1.807) is 19.9 Å². The lowest BCUT2D eigenvalue weighted by Crippen LogP contribution is -2.44. The molecular formula is C28H38N2O5S. The number of esters is 1. The van der Waals surface area contributed by atoms with Gasteiger partial charge in [-0.1, -0.05) is 39.3 Å². The first-order valence-corrected chi connectivity index (χ1v) is 12.3. The molecule has 1 aliphatic heterocycles. The molecule has 7 nitrogen and oxygen atoms in total. The molecule has 2 aromatic rings. The first-order chi connectivity index (χ1) is 16.6. The van der Waals surface area contributed by atoms with E-state index in [2.05, 4.69) is 30.3 Å². The Balaban J connectivity index is 0.00000456. The Kier molecular flexibility index (Phi) is 10.5. The van der Waals surface area contributed by atoms with Crippen LogP contribution in [0, 0.1) is 5.92 Å². The monoisotopic (exact) mass is 514 g/mol. The van der Waals surface area contributed by atoms with Gasteiger partial charge in [-0.2, -0.15) is 13.5 Å². The molecular weight excluding hydrogens is 476 g/mol. The minimum absolute atomic E-state index is 0. The molecule has 2 N–H and O–H groups in total. The molecule has 2 atom stereocenters. The number of ether oxygens (including phenoxy) is 1. The van der Waals surface area contributed by atoms with E-state index in [-0.39, 0.29) is 30.4 Å². The number of hydrogen-bond acceptors (Lipinski definition) is 5. The zero-order valence-electron chi connectivity index (χ0n) is 21.5. The van der Waals surface area contributed by atoms with Gasteiger partial charge in [0, 0.05) is 17.5 Å². The highest BCUT2D eigenvalue weighted by molar-refractivity contribution is 7.59. The van der Waals surface area contributed by atoms with Gasteiger partial charge in [-0.15, -0.1) is 0 Å². The summed E-state index contributed by atoms with van der Waals surface area (Å²) >= 11 is 0. The number of carbonyl (C=O) groups excluding carboxylic acids is 2. The smallest absolute Gasteiger partial charge is 0.343 e. The van der Waals surface area contributed by atoms with Crippen LogP contribution in [0.25, 0.3) is 0 Å². The predicted octanol–water partition coefficient (Wildman–Crippen LogP) is 4.62. The second-order valence-corrected chi connectivity index (χ2v) is 9.86. The number of carboxylic acids is 1. The van der Waals surface area contributed by atoms with E-state index in [1.807, 2.05) is 12.1 Å². The molecule has 1 fully saturated rings. The molecule has 1 unspecified atom stereocenters. The van der Waals surface area contributed by atoms with Crippen LogP contribution in [0.1, 0.15) is 72.7 Å². The van der Waals surface area contributed by atoms with Gasteiger partial charge in [-0.05, 0) is 80.7 Å². The fourth-order valence-corrected chi connectivity index (χ4v) is 4.80. The van der Waals surface area contributed by atoms with Crippen molar-refractivity contribution in [2.45, 2.75) is 57.9 Å². The number of carbonyl (C=O) groups is 3. The number of carboxylic acid groups (broad SMARTS) is 1. The minimum atomic E-state index is -1.09. The van der Waals surface area contributed by atoms with Gasteiger partial charge in [-0.3, -0.25) is 4.79 Å². The van der Waals surface area contributed by atoms with Crippen molar-refractivity contribution in [3.63, 3.8) is 0 Å². The second-order valence-electron chi connectivity index (χ2n) is 9.86. The molecule has 0 spiro atoms. The van der Waals surface area contributed by atoms with Crippen LogP contribution in [0.2, 0.25) is 0 Å². The van der Waals surface area contributed by atoms with Crippen molar-refractivity contribution < 1.29 is 24.2 Å². The quantitative estimate of drug-likeness (QED) is 0.394. The number of benzene rings is 2. The third-order valence-corrected chi connectivity index (χ3v) is 6.95. The van der Waals surface area contributed by atoms with Gasteiger partial charge in [0.15, 0.2) is 0 Å². The lowest BCUT2D eigenvalue weighted by Gasteiger charge is -2.35. The van der Waals surface area contributed by atoms with Crippen LogP contribution in [0.4, 0.5) is 0 Å². The molecule has 0 aromatic heterocycles. The van der Waals surface area contributed by atoms with Gasteiger partial charge in [0.05, 0.1) is 5.56 Å². The molecule has 0 saturated carbocycles. The molecule has 0 radical (unpaired) electrons. The Labute approximate surface area is 220 Å². The van der Waals surface area contributed by atoms with Crippen LogP contribution in [0.5, 0.6) is 5.75 Å². The third-order valence-electron chi connectivity index (χ3n) is 6.95. The van der Waals surface area contributed by atoms with Crippen molar-refractivity contribution in [3.8, 4) is 5.75 Å². The van der Waals surface area contributed by atoms with Crippen LogP contribution < -0.4 is 10.1 Å². The summed E-state index contributed by atoms with van der Waals surface area (Å²) in [7, 11) is 2.16. The number of nitrogens with zero attached hydrogens (tertiary/aromatic N) is 1. The highest BCUT2D eigenvalue weighted by Crippen LogP contribution is 2.37. The summed E-state index contributed by atoms with van der Waals surface area (Å²) in [5, 5.41) is 11.8. The van der Waals surface area contributed by atoms with Crippen molar-refractivity contribution in [2.75, 3.05) is 20.1 Å². The van der Waals surface area contributed by atoms with Crippen molar-refractivity contribution in [1.82, 2.24) is 10.2 Å². The molecule has 36 heavy (non-hydrogen) atoms. The summed E-state index contributed by atoms with van der Waals surface area (Å²) in [6.07, 6.45) is 4.48. The average molecular weight is 515 g/mol. The van der Waals surface area contributed by atoms with Gasteiger partial charge in [-0.25, -0.2) is 9.59 Å². The number of rotatable bonds is 8. The van der Waals surface area contributed by atoms with E-state index >= 15 is 0 Å². The number of aliphatic carboxylic acids is 1. The van der Waals surface area contributed by atoms with Gasteiger partial charge >= 0.3 is 11.9 Å². The average Bonchev–Trinajstić information content (AvgIpc) is 3.04. The fourth-order valence-electron chi connectivity index (χ4n) is 4.80. The first kappa shape index (κ1) is 29.4. The Bertz CT molecular complexity index is 1060. The Morgan fingerprint density at radius 3 is 2.36 bits per heavy atom. The standard InChI is InChI=1S/C28H36N2O5.H2S/c1-5-28(15-6-7-16-30(4)18-28)22-9-8-10-23(17-22)35-27(34)21-13-11-20(12-14-21)25(31)29-24(19(2)3)26(32)33;/h8-14,17,19,24H,5-7,15-16,18H2,1-4H3,(H,29,31)(H,32,33);1H2/t24-,28?;/m0./s1. The summed E-state index contributed by atoms with van der Waals surface area (Å²) in [6.45, 7) is 7.74. The normalized spacial score (nSPS) is 19.0. The number of hydrogen-bond donors (Lipinski definition) is 2. The Morgan fingerprint density at radius 1 is 1.08 bits per heavy atom. The lowest BCUT2D eigenvalue weighted by atomic mass is 9.74. The maximum absolute atomic E-state index is 12.8. The lowest BCUT2D eigenvalue weighted by molar-refractivity contribution is -0.140. The van der Waals surface area contributed by atoms with E-state index in [0.29, 0.717) is 11.3 Å². The van der Waals surface area contributed by atoms with E-state index in [0.717, 1.165) is 25.9 Å². The molecule has 196 valence electrons. The predicted molar refractivity (Wildman–Crippen MR) is 145 cm³/mol. The maximum atomic E-state index is 12.8. The van der Waals surface area contributed by atoms with E-state index < -0.39 is 23.9 Å². The molecule has 1 saturated heterocycles. The van der Waals surface area contributed by atoms with Gasteiger partial charge in [0.25, 0.3) is 5.91 Å². The van der Waals surface area contributed by atoms with E-state index in [1.165, 1.54) is 42.7 Å².